The first-order chi connectivity index (χ1) is 12.3. The zero-order valence-electron chi connectivity index (χ0n) is 14.1. The molecule has 25 heavy (non-hydrogen) atoms. The van der Waals surface area contributed by atoms with Crippen molar-refractivity contribution in [3.8, 4) is 0 Å². The number of rotatable bonds is 4. The van der Waals surface area contributed by atoms with Crippen LogP contribution in [0.2, 0.25) is 0 Å². The summed E-state index contributed by atoms with van der Waals surface area (Å²) in [4.78, 5) is 7.37. The van der Waals surface area contributed by atoms with Gasteiger partial charge >= 0.3 is 0 Å². The summed E-state index contributed by atoms with van der Waals surface area (Å²) in [6.07, 6.45) is 6.65. The number of pyridine rings is 1. The topological polar surface area (TPSA) is 30.3 Å². The molecule has 0 amide bonds. The Labute approximate surface area is 153 Å². The molecule has 1 aromatic carbocycles. The molecule has 0 atom stereocenters. The van der Waals surface area contributed by atoms with Crippen molar-refractivity contribution in [3.05, 3.63) is 66.1 Å². The highest BCUT2D eigenvalue weighted by molar-refractivity contribution is 7.80. The smallest absolute Gasteiger partial charge is 0.0825 e. The number of fused-ring (bicyclic) bond motifs is 1. The molecule has 0 aliphatic carbocycles. The summed E-state index contributed by atoms with van der Waals surface area (Å²) in [6.45, 7) is 4.19. The third-order valence-corrected chi connectivity index (χ3v) is 5.11. The lowest BCUT2D eigenvalue weighted by molar-refractivity contribution is 0.0685. The number of hydrogen-bond donors (Lipinski definition) is 0. The van der Waals surface area contributed by atoms with Crippen LogP contribution in [-0.2, 0) is 17.7 Å². The van der Waals surface area contributed by atoms with Crippen LogP contribution in [0, 0.1) is 0 Å². The SMILES string of the molecule is S=C(Cc1cccc2c1ccn2Cc1ccncc1)N1CCOCC1. The van der Waals surface area contributed by atoms with Gasteiger partial charge in [0.25, 0.3) is 0 Å². The van der Waals surface area contributed by atoms with E-state index in [0.29, 0.717) is 0 Å². The highest BCUT2D eigenvalue weighted by Crippen LogP contribution is 2.22. The zero-order valence-corrected chi connectivity index (χ0v) is 14.9. The largest absolute Gasteiger partial charge is 0.378 e. The van der Waals surface area contributed by atoms with Gasteiger partial charge in [0, 0.05) is 55.5 Å². The van der Waals surface area contributed by atoms with Gasteiger partial charge in [-0.15, -0.1) is 0 Å². The highest BCUT2D eigenvalue weighted by Gasteiger charge is 2.15. The minimum atomic E-state index is 0.770. The van der Waals surface area contributed by atoms with E-state index in [1.807, 2.05) is 12.4 Å². The third-order valence-electron chi connectivity index (χ3n) is 4.71. The Balaban J connectivity index is 1.57. The summed E-state index contributed by atoms with van der Waals surface area (Å²) in [5.74, 6) is 0. The molecule has 0 N–H and O–H groups in total. The van der Waals surface area contributed by atoms with Crippen LogP contribution in [0.3, 0.4) is 0 Å². The van der Waals surface area contributed by atoms with Crippen LogP contribution < -0.4 is 0 Å². The number of benzene rings is 1. The quantitative estimate of drug-likeness (QED) is 0.675. The van der Waals surface area contributed by atoms with E-state index in [-0.39, 0.29) is 0 Å². The molecule has 3 heterocycles. The van der Waals surface area contributed by atoms with Crippen LogP contribution in [0.1, 0.15) is 11.1 Å². The first-order valence-corrected chi connectivity index (χ1v) is 9.03. The van der Waals surface area contributed by atoms with Crippen LogP contribution in [0.15, 0.2) is 55.0 Å². The minimum absolute atomic E-state index is 0.770. The Morgan fingerprint density at radius 2 is 1.88 bits per heavy atom. The van der Waals surface area contributed by atoms with Gasteiger partial charge in [-0.3, -0.25) is 4.98 Å². The molecular formula is C20H21N3OS. The molecule has 2 aromatic heterocycles. The number of hydrogen-bond acceptors (Lipinski definition) is 3. The van der Waals surface area contributed by atoms with Gasteiger partial charge in [0.15, 0.2) is 0 Å². The van der Waals surface area contributed by atoms with Gasteiger partial charge in [-0.2, -0.15) is 0 Å². The average Bonchev–Trinajstić information content (AvgIpc) is 3.07. The summed E-state index contributed by atoms with van der Waals surface area (Å²) >= 11 is 5.69. The fourth-order valence-electron chi connectivity index (χ4n) is 3.35. The van der Waals surface area contributed by atoms with E-state index >= 15 is 0 Å². The summed E-state index contributed by atoms with van der Waals surface area (Å²) < 4.78 is 7.70. The van der Waals surface area contributed by atoms with Gasteiger partial charge in [-0.25, -0.2) is 0 Å². The Morgan fingerprint density at radius 1 is 1.08 bits per heavy atom. The van der Waals surface area contributed by atoms with Gasteiger partial charge in [-0.05, 0) is 35.4 Å². The standard InChI is InChI=1S/C20H21N3OS/c25-20(22-10-12-24-13-11-22)14-17-2-1-3-19-18(17)6-9-23(19)15-16-4-7-21-8-5-16/h1-9H,10-15H2. The second-order valence-electron chi connectivity index (χ2n) is 6.32. The van der Waals surface area contributed by atoms with Crippen LogP contribution in [0.5, 0.6) is 0 Å². The molecule has 0 unspecified atom stereocenters. The lowest BCUT2D eigenvalue weighted by atomic mass is 10.1. The van der Waals surface area contributed by atoms with E-state index in [2.05, 4.69) is 57.0 Å². The minimum Gasteiger partial charge on any atom is -0.378 e. The van der Waals surface area contributed by atoms with Gasteiger partial charge in [-0.1, -0.05) is 24.4 Å². The van der Waals surface area contributed by atoms with Gasteiger partial charge in [0.1, 0.15) is 0 Å². The molecule has 0 saturated carbocycles. The molecule has 5 heteroatoms. The first-order valence-electron chi connectivity index (χ1n) is 8.62. The zero-order chi connectivity index (χ0) is 17.1. The molecule has 0 bridgehead atoms. The average molecular weight is 351 g/mol. The highest BCUT2D eigenvalue weighted by atomic mass is 32.1. The van der Waals surface area contributed by atoms with Crippen molar-refractivity contribution in [3.63, 3.8) is 0 Å². The normalized spacial score (nSPS) is 14.8. The number of morpholine rings is 1. The van der Waals surface area contributed by atoms with Crippen molar-refractivity contribution < 1.29 is 4.74 Å². The Hall–Kier alpha value is -2.24. The van der Waals surface area contributed by atoms with E-state index in [4.69, 9.17) is 17.0 Å². The Bertz CT molecular complexity index is 869. The molecule has 3 aromatic rings. The first kappa shape index (κ1) is 16.2. The van der Waals surface area contributed by atoms with Crippen molar-refractivity contribution in [2.45, 2.75) is 13.0 Å². The van der Waals surface area contributed by atoms with E-state index < -0.39 is 0 Å². The molecule has 0 radical (unpaired) electrons. The molecule has 128 valence electrons. The van der Waals surface area contributed by atoms with Crippen LogP contribution in [0.25, 0.3) is 10.9 Å². The van der Waals surface area contributed by atoms with Gasteiger partial charge in [0.05, 0.1) is 18.2 Å². The molecule has 4 rings (SSSR count). The van der Waals surface area contributed by atoms with E-state index in [0.717, 1.165) is 44.3 Å². The van der Waals surface area contributed by atoms with Crippen molar-refractivity contribution >= 4 is 28.1 Å². The maximum atomic E-state index is 5.69. The predicted octanol–water partition coefficient (Wildman–Crippen LogP) is 3.29. The Morgan fingerprint density at radius 3 is 2.68 bits per heavy atom. The van der Waals surface area contributed by atoms with Crippen LogP contribution >= 0.6 is 12.2 Å². The molecule has 4 nitrogen and oxygen atoms in total. The van der Waals surface area contributed by atoms with Crippen molar-refractivity contribution in [2.24, 2.45) is 0 Å². The van der Waals surface area contributed by atoms with Gasteiger partial charge < -0.3 is 14.2 Å². The van der Waals surface area contributed by atoms with Crippen molar-refractivity contribution in [1.82, 2.24) is 14.5 Å². The van der Waals surface area contributed by atoms with Crippen molar-refractivity contribution in [1.29, 1.82) is 0 Å². The van der Waals surface area contributed by atoms with Crippen LogP contribution in [0.4, 0.5) is 0 Å². The van der Waals surface area contributed by atoms with Crippen molar-refractivity contribution in [2.75, 3.05) is 26.3 Å². The summed E-state index contributed by atoms with van der Waals surface area (Å²) in [6, 6.07) is 12.8. The summed E-state index contributed by atoms with van der Waals surface area (Å²) in [5.41, 5.74) is 3.79. The number of nitrogens with zero attached hydrogens (tertiary/aromatic N) is 3. The maximum absolute atomic E-state index is 5.69. The number of aromatic nitrogens is 2. The molecule has 1 aliphatic rings. The molecule has 1 saturated heterocycles. The third kappa shape index (κ3) is 3.57. The number of ether oxygens (including phenoxy) is 1. The lowest BCUT2D eigenvalue weighted by Gasteiger charge is -2.29. The van der Waals surface area contributed by atoms with E-state index in [9.17, 15) is 0 Å². The molecule has 1 fully saturated rings. The van der Waals surface area contributed by atoms with Crippen LogP contribution in [-0.4, -0.2) is 45.7 Å². The fourth-order valence-corrected chi connectivity index (χ4v) is 3.69. The summed E-state index contributed by atoms with van der Waals surface area (Å²) in [7, 11) is 0. The molecule has 0 spiro atoms. The van der Waals surface area contributed by atoms with E-state index in [1.165, 1.54) is 22.0 Å². The Kier molecular flexibility index (Phi) is 4.76. The summed E-state index contributed by atoms with van der Waals surface area (Å²) in [5, 5.41) is 1.28. The maximum Gasteiger partial charge on any atom is 0.0825 e. The second-order valence-corrected chi connectivity index (χ2v) is 6.79. The van der Waals surface area contributed by atoms with Gasteiger partial charge in [0.2, 0.25) is 0 Å². The lowest BCUT2D eigenvalue weighted by Crippen LogP contribution is -2.40. The second kappa shape index (κ2) is 7.33. The molecule has 1 aliphatic heterocycles. The van der Waals surface area contributed by atoms with E-state index in [1.54, 1.807) is 0 Å². The monoisotopic (exact) mass is 351 g/mol. The number of thiocarbonyl (C=S) groups is 1. The fraction of sp³-hybridized carbons (Fsp3) is 0.300. The molecular weight excluding hydrogens is 330 g/mol. The predicted molar refractivity (Wildman–Crippen MR) is 104 cm³/mol.